The molecule has 144 valence electrons. The fourth-order valence-electron chi connectivity index (χ4n) is 2.74. The van der Waals surface area contributed by atoms with Crippen molar-refractivity contribution in [3.63, 3.8) is 0 Å². The van der Waals surface area contributed by atoms with Crippen molar-refractivity contribution in [3.8, 4) is 10.6 Å². The van der Waals surface area contributed by atoms with Gasteiger partial charge in [-0.15, -0.1) is 11.3 Å². The van der Waals surface area contributed by atoms with Crippen molar-refractivity contribution in [2.24, 2.45) is 0 Å². The van der Waals surface area contributed by atoms with Gasteiger partial charge in [-0.3, -0.25) is 9.59 Å². The van der Waals surface area contributed by atoms with E-state index in [1.807, 2.05) is 37.4 Å². The molecule has 2 amide bonds. The molecule has 0 saturated heterocycles. The number of amides is 2. The number of aryl methyl sites for hydroxylation is 2. The van der Waals surface area contributed by atoms with Gasteiger partial charge in [0, 0.05) is 29.6 Å². The Hall–Kier alpha value is -3.06. The van der Waals surface area contributed by atoms with E-state index < -0.39 is 11.8 Å². The molecule has 0 bridgehead atoms. The largest absolute Gasteiger partial charge is 0.347 e. The Morgan fingerprint density at radius 1 is 1.07 bits per heavy atom. The summed E-state index contributed by atoms with van der Waals surface area (Å²) in [5, 5.41) is 7.84. The van der Waals surface area contributed by atoms with Gasteiger partial charge >= 0.3 is 11.8 Å². The van der Waals surface area contributed by atoms with Crippen molar-refractivity contribution in [1.82, 2.24) is 10.3 Å². The van der Waals surface area contributed by atoms with Crippen molar-refractivity contribution in [3.05, 3.63) is 70.5 Å². The van der Waals surface area contributed by atoms with Crippen LogP contribution in [0.4, 0.5) is 10.1 Å². The van der Waals surface area contributed by atoms with Crippen LogP contribution in [0.2, 0.25) is 0 Å². The van der Waals surface area contributed by atoms with Crippen molar-refractivity contribution in [2.75, 3.05) is 11.9 Å². The molecule has 0 aliphatic rings. The van der Waals surface area contributed by atoms with Crippen LogP contribution in [-0.4, -0.2) is 23.3 Å². The molecule has 0 aliphatic heterocycles. The summed E-state index contributed by atoms with van der Waals surface area (Å²) in [5.74, 6) is -1.70. The van der Waals surface area contributed by atoms with Gasteiger partial charge in [0.05, 0.1) is 5.69 Å². The Bertz CT molecular complexity index is 996. The van der Waals surface area contributed by atoms with Gasteiger partial charge in [0.2, 0.25) is 0 Å². The first-order valence-corrected chi connectivity index (χ1v) is 9.68. The fourth-order valence-corrected chi connectivity index (χ4v) is 3.59. The van der Waals surface area contributed by atoms with E-state index in [1.54, 1.807) is 12.1 Å². The molecule has 1 heterocycles. The zero-order valence-electron chi connectivity index (χ0n) is 15.6. The summed E-state index contributed by atoms with van der Waals surface area (Å²) in [4.78, 5) is 28.6. The van der Waals surface area contributed by atoms with Gasteiger partial charge in [-0.05, 0) is 37.1 Å². The molecule has 3 aromatic rings. The second kappa shape index (κ2) is 8.75. The Balaban J connectivity index is 1.52. The predicted octanol–water partition coefficient (Wildman–Crippen LogP) is 3.86. The molecule has 28 heavy (non-hydrogen) atoms. The highest BCUT2D eigenvalue weighted by Gasteiger charge is 2.15. The molecule has 0 radical (unpaired) electrons. The minimum absolute atomic E-state index is 0.283. The Labute approximate surface area is 166 Å². The Morgan fingerprint density at radius 2 is 1.79 bits per heavy atom. The second-order valence-electron chi connectivity index (χ2n) is 6.38. The number of halogens is 1. The zero-order valence-corrected chi connectivity index (χ0v) is 16.4. The molecule has 2 aromatic carbocycles. The summed E-state index contributed by atoms with van der Waals surface area (Å²) in [6, 6.07) is 11.9. The maximum atomic E-state index is 13.3. The summed E-state index contributed by atoms with van der Waals surface area (Å²) >= 11 is 1.41. The molecule has 0 spiro atoms. The van der Waals surface area contributed by atoms with Crippen LogP contribution in [-0.2, 0) is 16.0 Å². The lowest BCUT2D eigenvalue weighted by Gasteiger charge is -2.11. The molecule has 0 fully saturated rings. The van der Waals surface area contributed by atoms with Crippen LogP contribution >= 0.6 is 11.3 Å². The molecular weight excluding hydrogens is 377 g/mol. The van der Waals surface area contributed by atoms with E-state index >= 15 is 0 Å². The molecular formula is C21H20FN3O2S. The summed E-state index contributed by atoms with van der Waals surface area (Å²) in [7, 11) is 0. The molecule has 5 nitrogen and oxygen atoms in total. The third-order valence-corrected chi connectivity index (χ3v) is 5.16. The van der Waals surface area contributed by atoms with E-state index in [2.05, 4.69) is 15.6 Å². The second-order valence-corrected chi connectivity index (χ2v) is 7.24. The van der Waals surface area contributed by atoms with Gasteiger partial charge in [-0.2, -0.15) is 0 Å². The number of carbonyl (C=O) groups is 2. The number of thiazole rings is 1. The molecule has 0 atom stereocenters. The Morgan fingerprint density at radius 3 is 2.50 bits per heavy atom. The number of nitrogens with zero attached hydrogens (tertiary/aromatic N) is 1. The first-order chi connectivity index (χ1) is 13.4. The van der Waals surface area contributed by atoms with E-state index in [1.165, 1.54) is 23.5 Å². The average molecular weight is 397 g/mol. The van der Waals surface area contributed by atoms with Crippen molar-refractivity contribution in [2.45, 2.75) is 20.3 Å². The lowest BCUT2D eigenvalue weighted by Crippen LogP contribution is -2.36. The number of rotatable bonds is 5. The topological polar surface area (TPSA) is 71.1 Å². The lowest BCUT2D eigenvalue weighted by molar-refractivity contribution is -0.136. The lowest BCUT2D eigenvalue weighted by atomic mass is 10.1. The number of aromatic nitrogens is 1. The number of carbonyl (C=O) groups excluding carboxylic acids is 2. The molecule has 0 saturated carbocycles. The molecule has 7 heteroatoms. The summed E-state index contributed by atoms with van der Waals surface area (Å²) in [6.07, 6.45) is 0.480. The van der Waals surface area contributed by atoms with Crippen LogP contribution in [0.1, 0.15) is 16.8 Å². The monoisotopic (exact) mass is 397 g/mol. The van der Waals surface area contributed by atoms with Crippen LogP contribution in [0.3, 0.4) is 0 Å². The van der Waals surface area contributed by atoms with Gasteiger partial charge in [0.1, 0.15) is 10.8 Å². The summed E-state index contributed by atoms with van der Waals surface area (Å²) in [5.41, 5.74) is 3.94. The van der Waals surface area contributed by atoms with Crippen LogP contribution in [0.15, 0.2) is 47.8 Å². The number of para-hydroxylation sites is 1. The van der Waals surface area contributed by atoms with Crippen molar-refractivity contribution < 1.29 is 14.0 Å². The number of benzene rings is 2. The molecule has 3 rings (SSSR count). The third-order valence-electron chi connectivity index (χ3n) is 4.22. The molecule has 1 aromatic heterocycles. The van der Waals surface area contributed by atoms with Gasteiger partial charge in [-0.1, -0.05) is 30.3 Å². The van der Waals surface area contributed by atoms with Crippen LogP contribution in [0.25, 0.3) is 10.6 Å². The number of hydrogen-bond donors (Lipinski definition) is 2. The van der Waals surface area contributed by atoms with Gasteiger partial charge in [-0.25, -0.2) is 9.37 Å². The van der Waals surface area contributed by atoms with Crippen LogP contribution in [0, 0.1) is 19.7 Å². The fraction of sp³-hybridized carbons (Fsp3) is 0.190. The average Bonchev–Trinajstić information content (AvgIpc) is 3.13. The minimum atomic E-state index is -0.698. The predicted molar refractivity (Wildman–Crippen MR) is 109 cm³/mol. The molecule has 0 unspecified atom stereocenters. The summed E-state index contributed by atoms with van der Waals surface area (Å²) in [6.45, 7) is 4.03. The highest BCUT2D eigenvalue weighted by atomic mass is 32.1. The van der Waals surface area contributed by atoms with Crippen molar-refractivity contribution in [1.29, 1.82) is 0 Å². The Kier molecular flexibility index (Phi) is 6.16. The van der Waals surface area contributed by atoms with E-state index in [0.29, 0.717) is 22.7 Å². The molecule has 0 aliphatic carbocycles. The maximum absolute atomic E-state index is 13.3. The number of anilines is 1. The normalized spacial score (nSPS) is 10.5. The highest BCUT2D eigenvalue weighted by molar-refractivity contribution is 7.13. The first-order valence-electron chi connectivity index (χ1n) is 8.80. The third kappa shape index (κ3) is 4.80. The smallest absolute Gasteiger partial charge is 0.313 e. The SMILES string of the molecule is Cc1cccc(C)c1NC(=O)C(=O)NCCc1csc(-c2cccc(F)c2)n1. The van der Waals surface area contributed by atoms with Gasteiger partial charge < -0.3 is 10.6 Å². The van der Waals surface area contributed by atoms with Crippen LogP contribution in [0.5, 0.6) is 0 Å². The van der Waals surface area contributed by atoms with E-state index in [-0.39, 0.29) is 12.4 Å². The first kappa shape index (κ1) is 19.7. The van der Waals surface area contributed by atoms with E-state index in [4.69, 9.17) is 0 Å². The zero-order chi connectivity index (χ0) is 20.1. The van der Waals surface area contributed by atoms with Gasteiger partial charge in [0.15, 0.2) is 0 Å². The maximum Gasteiger partial charge on any atom is 0.313 e. The van der Waals surface area contributed by atoms with E-state index in [0.717, 1.165) is 16.8 Å². The van der Waals surface area contributed by atoms with Gasteiger partial charge in [0.25, 0.3) is 0 Å². The van der Waals surface area contributed by atoms with Crippen molar-refractivity contribution >= 4 is 28.8 Å². The van der Waals surface area contributed by atoms with E-state index in [9.17, 15) is 14.0 Å². The molecule has 2 N–H and O–H groups in total. The number of nitrogens with one attached hydrogen (secondary N) is 2. The highest BCUT2D eigenvalue weighted by Crippen LogP contribution is 2.24. The number of hydrogen-bond acceptors (Lipinski definition) is 4. The minimum Gasteiger partial charge on any atom is -0.347 e. The van der Waals surface area contributed by atoms with Crippen LogP contribution < -0.4 is 10.6 Å². The summed E-state index contributed by atoms with van der Waals surface area (Å²) < 4.78 is 13.3. The standard InChI is InChI=1S/C21H20FN3O2S/c1-13-5-3-6-14(2)18(13)25-20(27)19(26)23-10-9-17-12-28-21(24-17)15-7-4-8-16(22)11-15/h3-8,11-12H,9-10H2,1-2H3,(H,23,26)(H,25,27). The quantitative estimate of drug-likeness (QED) is 0.642.